The third-order valence-corrected chi connectivity index (χ3v) is 3.62. The Bertz CT molecular complexity index is 432. The lowest BCUT2D eigenvalue weighted by molar-refractivity contribution is 0.0456. The molecule has 5 nitrogen and oxygen atoms in total. The van der Waals surface area contributed by atoms with Gasteiger partial charge in [0, 0.05) is 25.7 Å². The van der Waals surface area contributed by atoms with E-state index in [0.717, 1.165) is 38.5 Å². The number of aromatic amines is 1. The minimum atomic E-state index is 0.330. The van der Waals surface area contributed by atoms with Crippen LogP contribution >= 0.6 is 12.2 Å². The van der Waals surface area contributed by atoms with E-state index in [1.165, 1.54) is 0 Å². The second-order valence-electron chi connectivity index (χ2n) is 4.93. The summed E-state index contributed by atoms with van der Waals surface area (Å²) >= 11 is 5.28. The molecule has 0 amide bonds. The maximum atomic E-state index is 5.67. The van der Waals surface area contributed by atoms with E-state index in [2.05, 4.69) is 40.4 Å². The second-order valence-corrected chi connectivity index (χ2v) is 5.32. The maximum absolute atomic E-state index is 5.67. The zero-order valence-corrected chi connectivity index (χ0v) is 12.2. The molecule has 2 rings (SSSR count). The van der Waals surface area contributed by atoms with Crippen LogP contribution in [-0.2, 0) is 4.74 Å². The van der Waals surface area contributed by atoms with Gasteiger partial charge < -0.3 is 9.64 Å². The van der Waals surface area contributed by atoms with E-state index in [-0.39, 0.29) is 0 Å². The first-order chi connectivity index (χ1) is 8.63. The Labute approximate surface area is 113 Å². The van der Waals surface area contributed by atoms with Crippen molar-refractivity contribution in [1.29, 1.82) is 0 Å². The van der Waals surface area contributed by atoms with Crippen molar-refractivity contribution < 1.29 is 4.74 Å². The van der Waals surface area contributed by atoms with E-state index in [9.17, 15) is 0 Å². The molecule has 0 atom stereocenters. The van der Waals surface area contributed by atoms with Gasteiger partial charge in [0.1, 0.15) is 0 Å². The standard InChI is InChI=1S/C12H22N4OS/c1-4-17-10-5-7-15(8-6-10)11-13-14-12(18)16(11)9(2)3/h9-10H,4-8H2,1-3H3,(H,14,18). The largest absolute Gasteiger partial charge is 0.378 e. The van der Waals surface area contributed by atoms with Crippen LogP contribution in [0.4, 0.5) is 5.95 Å². The number of hydrogen-bond acceptors (Lipinski definition) is 4. The van der Waals surface area contributed by atoms with Gasteiger partial charge in [-0.2, -0.15) is 0 Å². The fourth-order valence-corrected chi connectivity index (χ4v) is 2.78. The van der Waals surface area contributed by atoms with Gasteiger partial charge in [0.2, 0.25) is 5.95 Å². The number of hydrogen-bond donors (Lipinski definition) is 1. The van der Waals surface area contributed by atoms with Crippen LogP contribution in [0.15, 0.2) is 0 Å². The highest BCUT2D eigenvalue weighted by Gasteiger charge is 2.23. The topological polar surface area (TPSA) is 46.1 Å². The minimum absolute atomic E-state index is 0.330. The average Bonchev–Trinajstić information content (AvgIpc) is 2.73. The summed E-state index contributed by atoms with van der Waals surface area (Å²) in [6.07, 6.45) is 2.53. The zero-order chi connectivity index (χ0) is 13.1. The van der Waals surface area contributed by atoms with Gasteiger partial charge in [-0.3, -0.25) is 4.57 Å². The quantitative estimate of drug-likeness (QED) is 0.854. The number of nitrogens with one attached hydrogen (secondary N) is 1. The molecule has 1 aromatic heterocycles. The van der Waals surface area contributed by atoms with Gasteiger partial charge >= 0.3 is 0 Å². The van der Waals surface area contributed by atoms with E-state index < -0.39 is 0 Å². The fourth-order valence-electron chi connectivity index (χ4n) is 2.44. The molecule has 1 aromatic rings. The van der Waals surface area contributed by atoms with Gasteiger partial charge in [-0.05, 0) is 45.8 Å². The van der Waals surface area contributed by atoms with E-state index in [0.29, 0.717) is 16.9 Å². The predicted octanol–water partition coefficient (Wildman–Crippen LogP) is 2.53. The maximum Gasteiger partial charge on any atom is 0.225 e. The molecule has 1 aliphatic heterocycles. The molecule has 1 N–H and O–H groups in total. The third-order valence-electron chi connectivity index (χ3n) is 3.33. The van der Waals surface area contributed by atoms with Crippen molar-refractivity contribution in [3.05, 3.63) is 4.77 Å². The predicted molar refractivity (Wildman–Crippen MR) is 74.7 cm³/mol. The highest BCUT2D eigenvalue weighted by Crippen LogP contribution is 2.22. The Morgan fingerprint density at radius 1 is 1.44 bits per heavy atom. The Kier molecular flexibility index (Phi) is 4.40. The molecule has 0 aliphatic carbocycles. The summed E-state index contributed by atoms with van der Waals surface area (Å²) in [4.78, 5) is 2.29. The van der Waals surface area contributed by atoms with Crippen LogP contribution in [0.2, 0.25) is 0 Å². The second kappa shape index (κ2) is 5.84. The van der Waals surface area contributed by atoms with Gasteiger partial charge in [-0.1, -0.05) is 0 Å². The van der Waals surface area contributed by atoms with Crippen LogP contribution in [0, 0.1) is 4.77 Å². The summed E-state index contributed by atoms with van der Waals surface area (Å²) in [5.74, 6) is 0.963. The van der Waals surface area contributed by atoms with Crippen LogP contribution in [0.5, 0.6) is 0 Å². The molecule has 0 radical (unpaired) electrons. The van der Waals surface area contributed by atoms with Gasteiger partial charge in [-0.25, -0.2) is 5.10 Å². The van der Waals surface area contributed by atoms with Crippen molar-refractivity contribution in [2.45, 2.75) is 45.8 Å². The van der Waals surface area contributed by atoms with Crippen molar-refractivity contribution in [3.63, 3.8) is 0 Å². The summed E-state index contributed by atoms with van der Waals surface area (Å²) in [6, 6.07) is 0.330. The smallest absolute Gasteiger partial charge is 0.225 e. The summed E-state index contributed by atoms with van der Waals surface area (Å²) in [6.45, 7) is 9.07. The molecule has 1 fully saturated rings. The number of nitrogens with zero attached hydrogens (tertiary/aromatic N) is 3. The Hall–Kier alpha value is -0.880. The number of aromatic nitrogens is 3. The van der Waals surface area contributed by atoms with Gasteiger partial charge in [0.25, 0.3) is 0 Å². The number of rotatable bonds is 4. The molecule has 0 unspecified atom stereocenters. The Morgan fingerprint density at radius 2 is 2.11 bits per heavy atom. The molecular weight excluding hydrogens is 248 g/mol. The van der Waals surface area contributed by atoms with Crippen LogP contribution in [0.3, 0.4) is 0 Å². The first-order valence-electron chi connectivity index (χ1n) is 6.67. The average molecular weight is 270 g/mol. The third kappa shape index (κ3) is 2.75. The van der Waals surface area contributed by atoms with E-state index in [1.54, 1.807) is 0 Å². The number of ether oxygens (including phenoxy) is 1. The highest BCUT2D eigenvalue weighted by molar-refractivity contribution is 7.71. The SMILES string of the molecule is CCOC1CCN(c2n[nH]c(=S)n2C(C)C)CC1. The number of H-pyrrole nitrogens is 1. The first-order valence-corrected chi connectivity index (χ1v) is 7.07. The molecule has 18 heavy (non-hydrogen) atoms. The molecule has 1 saturated heterocycles. The molecule has 0 saturated carbocycles. The lowest BCUT2D eigenvalue weighted by Gasteiger charge is -2.32. The van der Waals surface area contributed by atoms with Crippen molar-refractivity contribution in [2.75, 3.05) is 24.6 Å². The van der Waals surface area contributed by atoms with Crippen molar-refractivity contribution in [3.8, 4) is 0 Å². The molecule has 102 valence electrons. The van der Waals surface area contributed by atoms with Crippen molar-refractivity contribution in [1.82, 2.24) is 14.8 Å². The first kappa shape index (κ1) is 13.5. The Balaban J connectivity index is 2.08. The number of anilines is 1. The van der Waals surface area contributed by atoms with E-state index >= 15 is 0 Å². The van der Waals surface area contributed by atoms with Gasteiger partial charge in [0.15, 0.2) is 4.77 Å². The summed E-state index contributed by atoms with van der Waals surface area (Å²) in [7, 11) is 0. The fraction of sp³-hybridized carbons (Fsp3) is 0.833. The van der Waals surface area contributed by atoms with Crippen LogP contribution < -0.4 is 4.90 Å². The Morgan fingerprint density at radius 3 is 2.67 bits per heavy atom. The lowest BCUT2D eigenvalue weighted by atomic mass is 10.1. The van der Waals surface area contributed by atoms with E-state index in [1.807, 2.05) is 0 Å². The minimum Gasteiger partial charge on any atom is -0.378 e. The number of piperidine rings is 1. The normalized spacial score (nSPS) is 17.7. The van der Waals surface area contributed by atoms with Gasteiger partial charge in [0.05, 0.1) is 6.10 Å². The molecule has 1 aliphatic rings. The van der Waals surface area contributed by atoms with Gasteiger partial charge in [-0.15, -0.1) is 5.10 Å². The lowest BCUT2D eigenvalue weighted by Crippen LogP contribution is -2.38. The molecule has 0 bridgehead atoms. The van der Waals surface area contributed by atoms with Crippen LogP contribution in [-0.4, -0.2) is 40.6 Å². The molecule has 6 heteroatoms. The van der Waals surface area contributed by atoms with Crippen molar-refractivity contribution in [2.24, 2.45) is 0 Å². The molecule has 0 spiro atoms. The monoisotopic (exact) mass is 270 g/mol. The summed E-state index contributed by atoms with van der Waals surface area (Å²) in [5, 5.41) is 7.26. The molecule has 0 aromatic carbocycles. The zero-order valence-electron chi connectivity index (χ0n) is 11.3. The van der Waals surface area contributed by atoms with Crippen LogP contribution in [0.1, 0.15) is 39.7 Å². The summed E-state index contributed by atoms with van der Waals surface area (Å²) < 4.78 is 8.45. The van der Waals surface area contributed by atoms with E-state index in [4.69, 9.17) is 17.0 Å². The van der Waals surface area contributed by atoms with Crippen molar-refractivity contribution >= 4 is 18.2 Å². The van der Waals surface area contributed by atoms with Crippen LogP contribution in [0.25, 0.3) is 0 Å². The highest BCUT2D eigenvalue weighted by atomic mass is 32.1. The molecule has 2 heterocycles. The summed E-state index contributed by atoms with van der Waals surface area (Å²) in [5.41, 5.74) is 0. The molecular formula is C12H22N4OS.